The van der Waals surface area contributed by atoms with Gasteiger partial charge in [0, 0.05) is 25.5 Å². The lowest BCUT2D eigenvalue weighted by molar-refractivity contribution is -0.117. The van der Waals surface area contributed by atoms with Gasteiger partial charge in [0.15, 0.2) is 5.15 Å². The first-order chi connectivity index (χ1) is 9.13. The number of carbonyl (C=O) groups excluding carboxylic acids is 1. The summed E-state index contributed by atoms with van der Waals surface area (Å²) in [5, 5.41) is 4.42. The fourth-order valence-corrected chi connectivity index (χ4v) is 1.99. The van der Waals surface area contributed by atoms with Gasteiger partial charge >= 0.3 is 0 Å². The molecule has 0 bridgehead atoms. The van der Waals surface area contributed by atoms with Crippen LogP contribution < -0.4 is 4.90 Å². The highest BCUT2D eigenvalue weighted by Crippen LogP contribution is 2.25. The van der Waals surface area contributed by atoms with E-state index in [1.807, 2.05) is 6.07 Å². The molecule has 5 nitrogen and oxygen atoms in total. The zero-order valence-electron chi connectivity index (χ0n) is 10.3. The zero-order chi connectivity index (χ0) is 13.8. The van der Waals surface area contributed by atoms with Crippen molar-refractivity contribution in [1.29, 1.82) is 0 Å². The molecule has 0 saturated heterocycles. The first-order valence-corrected chi connectivity index (χ1v) is 6.53. The molecule has 0 aliphatic heterocycles. The van der Waals surface area contributed by atoms with Crippen LogP contribution in [0.3, 0.4) is 0 Å². The minimum atomic E-state index is -0.109. The number of anilines is 1. The second-order valence-corrected chi connectivity index (χ2v) is 4.59. The largest absolute Gasteiger partial charge is 0.311 e. The van der Waals surface area contributed by atoms with Gasteiger partial charge in [-0.15, -0.1) is 11.6 Å². The lowest BCUT2D eigenvalue weighted by Crippen LogP contribution is -2.26. The zero-order valence-corrected chi connectivity index (χ0v) is 11.8. The average molecular weight is 299 g/mol. The molecule has 0 spiro atoms. The lowest BCUT2D eigenvalue weighted by atomic mass is 10.4. The SMILES string of the molecule is CN(C(=O)CCCl)c1cn(-c2cccnc2)nc1Cl. The summed E-state index contributed by atoms with van der Waals surface area (Å²) in [7, 11) is 1.64. The maximum Gasteiger partial charge on any atom is 0.228 e. The number of carbonyl (C=O) groups is 1. The van der Waals surface area contributed by atoms with Crippen molar-refractivity contribution in [3.8, 4) is 5.69 Å². The third-order valence-electron chi connectivity index (χ3n) is 2.61. The Kier molecular flexibility index (Phi) is 4.39. The van der Waals surface area contributed by atoms with Crippen molar-refractivity contribution in [3.63, 3.8) is 0 Å². The van der Waals surface area contributed by atoms with Crippen LogP contribution in [0.4, 0.5) is 5.69 Å². The fraction of sp³-hybridized carbons (Fsp3) is 0.250. The highest BCUT2D eigenvalue weighted by Gasteiger charge is 2.17. The summed E-state index contributed by atoms with van der Waals surface area (Å²) in [5.74, 6) is 0.167. The van der Waals surface area contributed by atoms with Gasteiger partial charge in [0.05, 0.1) is 18.1 Å². The second kappa shape index (κ2) is 6.04. The van der Waals surface area contributed by atoms with Crippen LogP contribution >= 0.6 is 23.2 Å². The van der Waals surface area contributed by atoms with Gasteiger partial charge in [-0.3, -0.25) is 9.78 Å². The molecule has 2 heterocycles. The summed E-state index contributed by atoms with van der Waals surface area (Å²) in [6.07, 6.45) is 5.28. The van der Waals surface area contributed by atoms with Crippen LogP contribution in [-0.4, -0.2) is 33.6 Å². The number of alkyl halides is 1. The summed E-state index contributed by atoms with van der Waals surface area (Å²) in [5.41, 5.74) is 1.31. The highest BCUT2D eigenvalue weighted by molar-refractivity contribution is 6.32. The second-order valence-electron chi connectivity index (χ2n) is 3.85. The van der Waals surface area contributed by atoms with Crippen LogP contribution in [0.5, 0.6) is 0 Å². The lowest BCUT2D eigenvalue weighted by Gasteiger charge is -2.14. The van der Waals surface area contributed by atoms with Crippen LogP contribution in [-0.2, 0) is 4.79 Å². The van der Waals surface area contributed by atoms with Crippen LogP contribution in [0.2, 0.25) is 5.15 Å². The maximum absolute atomic E-state index is 11.8. The topological polar surface area (TPSA) is 51.0 Å². The Bertz CT molecular complexity index is 570. The molecule has 19 heavy (non-hydrogen) atoms. The Labute approximate surface area is 120 Å². The molecular weight excluding hydrogens is 287 g/mol. The van der Waals surface area contributed by atoms with Gasteiger partial charge in [-0.2, -0.15) is 5.10 Å². The number of aromatic nitrogens is 3. The van der Waals surface area contributed by atoms with Gasteiger partial charge in [-0.25, -0.2) is 4.68 Å². The molecule has 0 unspecified atom stereocenters. The van der Waals surface area contributed by atoms with Crippen molar-refractivity contribution in [1.82, 2.24) is 14.8 Å². The third kappa shape index (κ3) is 3.05. The smallest absolute Gasteiger partial charge is 0.228 e. The van der Waals surface area contributed by atoms with Gasteiger partial charge in [-0.1, -0.05) is 11.6 Å². The van der Waals surface area contributed by atoms with Crippen molar-refractivity contribution in [3.05, 3.63) is 35.9 Å². The van der Waals surface area contributed by atoms with Gasteiger partial charge in [0.25, 0.3) is 0 Å². The number of hydrogen-bond donors (Lipinski definition) is 0. The van der Waals surface area contributed by atoms with E-state index in [0.29, 0.717) is 5.69 Å². The van der Waals surface area contributed by atoms with Gasteiger partial charge in [0.2, 0.25) is 5.91 Å². The molecule has 0 aromatic carbocycles. The molecule has 2 aromatic rings. The first-order valence-electron chi connectivity index (χ1n) is 5.61. The van der Waals surface area contributed by atoms with E-state index < -0.39 is 0 Å². The van der Waals surface area contributed by atoms with Crippen LogP contribution in [0.15, 0.2) is 30.7 Å². The Hall–Kier alpha value is -1.59. The number of rotatable bonds is 4. The minimum Gasteiger partial charge on any atom is -0.311 e. The van der Waals surface area contributed by atoms with Crippen LogP contribution in [0.1, 0.15) is 6.42 Å². The van der Waals surface area contributed by atoms with Crippen molar-refractivity contribution >= 4 is 34.8 Å². The maximum atomic E-state index is 11.8. The van der Waals surface area contributed by atoms with E-state index >= 15 is 0 Å². The van der Waals surface area contributed by atoms with E-state index in [4.69, 9.17) is 23.2 Å². The van der Waals surface area contributed by atoms with Crippen LogP contribution in [0, 0.1) is 0 Å². The molecule has 0 aliphatic rings. The van der Waals surface area contributed by atoms with E-state index in [2.05, 4.69) is 10.1 Å². The summed E-state index contributed by atoms with van der Waals surface area (Å²) in [6.45, 7) is 0. The van der Waals surface area contributed by atoms with E-state index in [-0.39, 0.29) is 23.4 Å². The number of halogens is 2. The fourth-order valence-electron chi connectivity index (χ4n) is 1.57. The number of amides is 1. The van der Waals surface area contributed by atoms with Gasteiger partial charge in [0.1, 0.15) is 5.69 Å². The molecule has 0 saturated carbocycles. The predicted octanol–water partition coefficient (Wildman–Crippen LogP) is 2.51. The molecule has 100 valence electrons. The van der Waals surface area contributed by atoms with Crippen molar-refractivity contribution in [2.24, 2.45) is 0 Å². The molecule has 0 radical (unpaired) electrons. The Morgan fingerprint density at radius 2 is 2.32 bits per heavy atom. The van der Waals surface area contributed by atoms with E-state index in [0.717, 1.165) is 5.69 Å². The standard InChI is InChI=1S/C12H12Cl2N4O/c1-17(11(19)4-5-13)10-8-18(16-12(10)14)9-3-2-6-15-7-9/h2-3,6-8H,4-5H2,1H3. The van der Waals surface area contributed by atoms with E-state index in [1.165, 1.54) is 4.90 Å². The number of pyridine rings is 1. The molecule has 0 aliphatic carbocycles. The van der Waals surface area contributed by atoms with Crippen molar-refractivity contribution in [2.75, 3.05) is 17.8 Å². The Balaban J connectivity index is 2.29. The minimum absolute atomic E-state index is 0.109. The van der Waals surface area contributed by atoms with E-state index in [1.54, 1.807) is 36.4 Å². The molecule has 0 fully saturated rings. The van der Waals surface area contributed by atoms with Gasteiger partial charge in [-0.05, 0) is 12.1 Å². The predicted molar refractivity (Wildman–Crippen MR) is 75.1 cm³/mol. The Morgan fingerprint density at radius 1 is 1.53 bits per heavy atom. The molecular formula is C12H12Cl2N4O. The van der Waals surface area contributed by atoms with E-state index in [9.17, 15) is 4.79 Å². The third-order valence-corrected chi connectivity index (χ3v) is 3.06. The normalized spacial score (nSPS) is 10.5. The Morgan fingerprint density at radius 3 is 2.95 bits per heavy atom. The number of nitrogens with zero attached hydrogens (tertiary/aromatic N) is 4. The summed E-state index contributed by atoms with van der Waals surface area (Å²) in [6, 6.07) is 3.65. The molecule has 2 aromatic heterocycles. The first kappa shape index (κ1) is 13.8. The van der Waals surface area contributed by atoms with Crippen molar-refractivity contribution < 1.29 is 4.79 Å². The van der Waals surface area contributed by atoms with Gasteiger partial charge < -0.3 is 4.90 Å². The summed E-state index contributed by atoms with van der Waals surface area (Å²) >= 11 is 11.6. The summed E-state index contributed by atoms with van der Waals surface area (Å²) < 4.78 is 1.58. The highest BCUT2D eigenvalue weighted by atomic mass is 35.5. The van der Waals surface area contributed by atoms with Crippen molar-refractivity contribution in [2.45, 2.75) is 6.42 Å². The molecule has 1 amide bonds. The number of hydrogen-bond acceptors (Lipinski definition) is 3. The average Bonchev–Trinajstić information content (AvgIpc) is 2.81. The summed E-state index contributed by atoms with van der Waals surface area (Å²) in [4.78, 5) is 17.2. The molecule has 2 rings (SSSR count). The molecule has 0 atom stereocenters. The molecule has 0 N–H and O–H groups in total. The van der Waals surface area contributed by atoms with Crippen LogP contribution in [0.25, 0.3) is 5.69 Å². The monoisotopic (exact) mass is 298 g/mol. The molecule has 7 heteroatoms. The quantitative estimate of drug-likeness (QED) is 0.815.